The van der Waals surface area contributed by atoms with Gasteiger partial charge in [0.2, 0.25) is 0 Å². The molecule has 0 spiro atoms. The maximum Gasteiger partial charge on any atom is 0.327 e. The minimum atomic E-state index is -1.02. The van der Waals surface area contributed by atoms with E-state index in [9.17, 15) is 18.7 Å². The first kappa shape index (κ1) is 16.4. The molecule has 1 unspecified atom stereocenters. The van der Waals surface area contributed by atoms with Crippen molar-refractivity contribution in [3.8, 4) is 0 Å². The van der Waals surface area contributed by atoms with Gasteiger partial charge < -0.3 is 10.0 Å². The predicted octanol–water partition coefficient (Wildman–Crippen LogP) is 2.74. The highest BCUT2D eigenvalue weighted by Gasteiger charge is 2.33. The Kier molecular flexibility index (Phi) is 4.76. The third kappa shape index (κ3) is 3.54. The summed E-state index contributed by atoms with van der Waals surface area (Å²) in [5, 5.41) is 9.53. The van der Waals surface area contributed by atoms with E-state index < -0.39 is 23.6 Å². The minimum Gasteiger partial charge on any atom is -0.480 e. The van der Waals surface area contributed by atoms with E-state index in [1.165, 1.54) is 11.0 Å². The Labute approximate surface area is 138 Å². The molecule has 6 heteroatoms. The van der Waals surface area contributed by atoms with Crippen LogP contribution < -0.4 is 4.90 Å². The average molecular weight is 332 g/mol. The summed E-state index contributed by atoms with van der Waals surface area (Å²) in [6, 6.07) is 12.1. The van der Waals surface area contributed by atoms with Gasteiger partial charge in [-0.1, -0.05) is 30.3 Å². The highest BCUT2D eigenvalue weighted by Crippen LogP contribution is 2.25. The molecule has 0 aromatic heterocycles. The van der Waals surface area contributed by atoms with E-state index in [0.29, 0.717) is 19.6 Å². The van der Waals surface area contributed by atoms with Crippen LogP contribution in [-0.4, -0.2) is 41.7 Å². The SMILES string of the molecule is O=C(O)C1CN(Cc2ccccc2)CCN1c1ccc(F)cc1F. The Bertz CT molecular complexity index is 724. The molecule has 3 rings (SSSR count). The molecule has 4 nitrogen and oxygen atoms in total. The molecule has 1 heterocycles. The average Bonchev–Trinajstić information content (AvgIpc) is 2.56. The Hall–Kier alpha value is -2.47. The van der Waals surface area contributed by atoms with Gasteiger partial charge in [0, 0.05) is 32.2 Å². The Balaban J connectivity index is 1.77. The first-order valence-electron chi connectivity index (χ1n) is 7.75. The lowest BCUT2D eigenvalue weighted by atomic mass is 10.1. The van der Waals surface area contributed by atoms with Crippen molar-refractivity contribution in [3.63, 3.8) is 0 Å². The van der Waals surface area contributed by atoms with Gasteiger partial charge in [0.05, 0.1) is 5.69 Å². The van der Waals surface area contributed by atoms with Crippen molar-refractivity contribution in [2.45, 2.75) is 12.6 Å². The van der Waals surface area contributed by atoms with Gasteiger partial charge in [-0.2, -0.15) is 0 Å². The fourth-order valence-electron chi connectivity index (χ4n) is 3.04. The van der Waals surface area contributed by atoms with Gasteiger partial charge in [-0.05, 0) is 17.7 Å². The molecule has 2 aromatic rings. The summed E-state index contributed by atoms with van der Waals surface area (Å²) in [5.74, 6) is -2.43. The summed E-state index contributed by atoms with van der Waals surface area (Å²) in [7, 11) is 0. The van der Waals surface area contributed by atoms with Crippen molar-refractivity contribution >= 4 is 11.7 Å². The van der Waals surface area contributed by atoms with Crippen molar-refractivity contribution < 1.29 is 18.7 Å². The summed E-state index contributed by atoms with van der Waals surface area (Å²) in [6.45, 7) is 1.90. The Morgan fingerprint density at radius 2 is 1.88 bits per heavy atom. The van der Waals surface area contributed by atoms with Crippen LogP contribution in [0.25, 0.3) is 0 Å². The maximum absolute atomic E-state index is 14.0. The van der Waals surface area contributed by atoms with Gasteiger partial charge in [0.1, 0.15) is 17.7 Å². The van der Waals surface area contributed by atoms with E-state index in [4.69, 9.17) is 0 Å². The van der Waals surface area contributed by atoms with Gasteiger partial charge >= 0.3 is 5.97 Å². The predicted molar refractivity (Wildman–Crippen MR) is 86.8 cm³/mol. The molecule has 126 valence electrons. The molecule has 0 radical (unpaired) electrons. The second kappa shape index (κ2) is 6.97. The zero-order valence-electron chi connectivity index (χ0n) is 13.0. The molecular weight excluding hydrogens is 314 g/mol. The fourth-order valence-corrected chi connectivity index (χ4v) is 3.04. The van der Waals surface area contributed by atoms with Gasteiger partial charge in [-0.25, -0.2) is 13.6 Å². The fraction of sp³-hybridized carbons (Fsp3) is 0.278. The van der Waals surface area contributed by atoms with Gasteiger partial charge in [0.15, 0.2) is 0 Å². The largest absolute Gasteiger partial charge is 0.480 e. The van der Waals surface area contributed by atoms with E-state index in [-0.39, 0.29) is 12.2 Å². The monoisotopic (exact) mass is 332 g/mol. The summed E-state index contributed by atoms with van der Waals surface area (Å²) in [4.78, 5) is 15.2. The molecule has 2 aromatic carbocycles. The maximum atomic E-state index is 14.0. The number of aliphatic carboxylic acids is 1. The second-order valence-corrected chi connectivity index (χ2v) is 5.86. The summed E-state index contributed by atoms with van der Waals surface area (Å²) in [6.07, 6.45) is 0. The molecule has 0 bridgehead atoms. The number of carbonyl (C=O) groups is 1. The second-order valence-electron chi connectivity index (χ2n) is 5.86. The zero-order chi connectivity index (χ0) is 17.1. The lowest BCUT2D eigenvalue weighted by Crippen LogP contribution is -2.56. The number of nitrogens with zero attached hydrogens (tertiary/aromatic N) is 2. The molecule has 1 aliphatic rings. The molecule has 1 saturated heterocycles. The van der Waals surface area contributed by atoms with Crippen molar-refractivity contribution in [2.24, 2.45) is 0 Å². The number of rotatable bonds is 4. The molecule has 24 heavy (non-hydrogen) atoms. The van der Waals surface area contributed by atoms with Crippen LogP contribution >= 0.6 is 0 Å². The number of halogens is 2. The molecular formula is C18H18F2N2O2. The van der Waals surface area contributed by atoms with E-state index in [2.05, 4.69) is 0 Å². The molecule has 0 saturated carbocycles. The smallest absolute Gasteiger partial charge is 0.327 e. The molecule has 1 fully saturated rings. The lowest BCUT2D eigenvalue weighted by Gasteiger charge is -2.40. The van der Waals surface area contributed by atoms with Crippen LogP contribution in [-0.2, 0) is 11.3 Å². The van der Waals surface area contributed by atoms with Crippen molar-refractivity contribution in [1.29, 1.82) is 0 Å². The van der Waals surface area contributed by atoms with Crippen LogP contribution in [0.5, 0.6) is 0 Å². The molecule has 1 atom stereocenters. The van der Waals surface area contributed by atoms with Gasteiger partial charge in [-0.15, -0.1) is 0 Å². The first-order chi connectivity index (χ1) is 11.5. The number of benzene rings is 2. The van der Waals surface area contributed by atoms with E-state index in [1.54, 1.807) is 0 Å². The zero-order valence-corrected chi connectivity index (χ0v) is 13.0. The highest BCUT2D eigenvalue weighted by molar-refractivity contribution is 5.79. The van der Waals surface area contributed by atoms with Crippen LogP contribution in [0.4, 0.5) is 14.5 Å². The third-order valence-corrected chi connectivity index (χ3v) is 4.22. The third-order valence-electron chi connectivity index (χ3n) is 4.22. The molecule has 0 amide bonds. The lowest BCUT2D eigenvalue weighted by molar-refractivity contribution is -0.139. The van der Waals surface area contributed by atoms with Crippen LogP contribution in [0.2, 0.25) is 0 Å². The molecule has 0 aliphatic carbocycles. The van der Waals surface area contributed by atoms with Crippen LogP contribution in [0.15, 0.2) is 48.5 Å². The topological polar surface area (TPSA) is 43.8 Å². The summed E-state index contributed by atoms with van der Waals surface area (Å²) < 4.78 is 27.1. The number of carboxylic acid groups (broad SMARTS) is 1. The van der Waals surface area contributed by atoms with Crippen molar-refractivity contribution in [1.82, 2.24) is 4.90 Å². The van der Waals surface area contributed by atoms with Gasteiger partial charge in [0.25, 0.3) is 0 Å². The van der Waals surface area contributed by atoms with Crippen LogP contribution in [0.3, 0.4) is 0 Å². The van der Waals surface area contributed by atoms with Gasteiger partial charge in [-0.3, -0.25) is 4.90 Å². The summed E-state index contributed by atoms with van der Waals surface area (Å²) >= 11 is 0. The number of carboxylic acids is 1. The van der Waals surface area contributed by atoms with Crippen molar-refractivity contribution in [2.75, 3.05) is 24.5 Å². The molecule has 1 aliphatic heterocycles. The normalized spacial score (nSPS) is 18.6. The van der Waals surface area contributed by atoms with Crippen LogP contribution in [0.1, 0.15) is 5.56 Å². The number of hydrogen-bond acceptors (Lipinski definition) is 3. The van der Waals surface area contributed by atoms with Crippen molar-refractivity contribution in [3.05, 3.63) is 65.7 Å². The van der Waals surface area contributed by atoms with E-state index >= 15 is 0 Å². The molecule has 1 N–H and O–H groups in total. The Morgan fingerprint density at radius 1 is 1.12 bits per heavy atom. The number of hydrogen-bond donors (Lipinski definition) is 1. The number of anilines is 1. The standard InChI is InChI=1S/C18H18F2N2O2/c19-14-6-7-16(15(20)10-14)22-9-8-21(12-17(22)18(23)24)11-13-4-2-1-3-5-13/h1-7,10,17H,8-9,11-12H2,(H,23,24). The van der Waals surface area contributed by atoms with E-state index in [1.807, 2.05) is 35.2 Å². The quantitative estimate of drug-likeness (QED) is 0.935. The first-order valence-corrected chi connectivity index (χ1v) is 7.75. The number of piperazine rings is 1. The Morgan fingerprint density at radius 3 is 2.54 bits per heavy atom. The highest BCUT2D eigenvalue weighted by atomic mass is 19.1. The summed E-state index contributed by atoms with van der Waals surface area (Å²) in [5.41, 5.74) is 1.23. The minimum absolute atomic E-state index is 0.128. The van der Waals surface area contributed by atoms with E-state index in [0.717, 1.165) is 17.7 Å². The van der Waals surface area contributed by atoms with Crippen LogP contribution in [0, 0.1) is 11.6 Å².